The molecule has 0 spiro atoms. The third-order valence-corrected chi connectivity index (χ3v) is 17.0. The first kappa shape index (κ1) is 28.5. The fourth-order valence-electron chi connectivity index (χ4n) is 5.16. The zero-order valence-electron chi connectivity index (χ0n) is 22.5. The molecule has 0 aromatic heterocycles. The van der Waals surface area contributed by atoms with Crippen molar-refractivity contribution < 1.29 is 14.3 Å². The summed E-state index contributed by atoms with van der Waals surface area (Å²) < 4.78 is 5.87. The van der Waals surface area contributed by atoms with E-state index >= 15 is 0 Å². The van der Waals surface area contributed by atoms with Gasteiger partial charge in [0.05, 0.1) is 0 Å². The molecule has 5 rings (SSSR count). The van der Waals surface area contributed by atoms with Gasteiger partial charge in [0.25, 0.3) is 0 Å². The first-order valence-corrected chi connectivity index (χ1v) is 17.9. The maximum absolute atomic E-state index is 14.0. The predicted octanol–water partition coefficient (Wildman–Crippen LogP) is 6.37. The van der Waals surface area contributed by atoms with Gasteiger partial charge >= 0.3 is 250 Å². The van der Waals surface area contributed by atoms with E-state index in [9.17, 15) is 9.59 Å². The second-order valence-corrected chi connectivity index (χ2v) is 18.8. The summed E-state index contributed by atoms with van der Waals surface area (Å²) in [5.74, 6) is -0.826. The third-order valence-electron chi connectivity index (χ3n) is 7.26. The van der Waals surface area contributed by atoms with E-state index < -0.39 is 17.3 Å². The number of amides is 1. The number of carbonyl (C=O) groups is 2. The van der Waals surface area contributed by atoms with E-state index in [0.29, 0.717) is 5.56 Å². The molecule has 206 valence electrons. The Kier molecular flexibility index (Phi) is 8.78. The van der Waals surface area contributed by atoms with Crippen molar-refractivity contribution in [2.45, 2.75) is 12.6 Å². The SMILES string of the molecule is O=C(N[C@H](CP(Br)(c1ccccc1)(c1ccccc1)c1ccccc1)C(=O)OCc1ccccc1)c1ccccc1. The van der Waals surface area contributed by atoms with E-state index in [0.717, 1.165) is 21.5 Å². The van der Waals surface area contributed by atoms with Crippen LogP contribution in [-0.4, -0.2) is 24.1 Å². The Balaban J connectivity index is 1.65. The summed E-state index contributed by atoms with van der Waals surface area (Å²) in [5.41, 5.74) is 1.35. The van der Waals surface area contributed by atoms with Crippen molar-refractivity contribution in [2.24, 2.45) is 0 Å². The molecule has 0 heterocycles. The average Bonchev–Trinajstić information content (AvgIpc) is 3.05. The molecule has 0 fully saturated rings. The molecule has 0 bridgehead atoms. The second-order valence-electron chi connectivity index (χ2n) is 9.86. The molecule has 1 N–H and O–H groups in total. The van der Waals surface area contributed by atoms with Gasteiger partial charge in [-0.15, -0.1) is 0 Å². The fraction of sp³-hybridized carbons (Fsp3) is 0.0857. The van der Waals surface area contributed by atoms with Gasteiger partial charge in [0.1, 0.15) is 0 Å². The summed E-state index contributed by atoms with van der Waals surface area (Å²) in [7, 11) is 0. The second kappa shape index (κ2) is 12.6. The van der Waals surface area contributed by atoms with Crippen molar-refractivity contribution in [2.75, 3.05) is 6.16 Å². The van der Waals surface area contributed by atoms with E-state index in [-0.39, 0.29) is 18.7 Å². The summed E-state index contributed by atoms with van der Waals surface area (Å²) in [6.07, 6.45) is 0.274. The molecule has 6 heteroatoms. The summed E-state index contributed by atoms with van der Waals surface area (Å²) in [5, 5.41) is 2.63. The zero-order chi connectivity index (χ0) is 28.6. The van der Waals surface area contributed by atoms with Gasteiger partial charge in [0.2, 0.25) is 0 Å². The van der Waals surface area contributed by atoms with Crippen LogP contribution in [0, 0.1) is 0 Å². The van der Waals surface area contributed by atoms with Gasteiger partial charge in [0.15, 0.2) is 0 Å². The third kappa shape index (κ3) is 6.02. The van der Waals surface area contributed by atoms with Gasteiger partial charge in [-0.25, -0.2) is 0 Å². The molecule has 5 aromatic rings. The number of halogens is 1. The van der Waals surface area contributed by atoms with Crippen LogP contribution in [0.15, 0.2) is 152 Å². The summed E-state index contributed by atoms with van der Waals surface area (Å²) in [4.78, 5) is 27.5. The van der Waals surface area contributed by atoms with E-state index in [2.05, 4.69) is 57.2 Å². The van der Waals surface area contributed by atoms with Crippen LogP contribution in [-0.2, 0) is 16.1 Å². The molecule has 0 saturated heterocycles. The molecule has 1 amide bonds. The van der Waals surface area contributed by atoms with Crippen LogP contribution in [0.5, 0.6) is 0 Å². The average molecular weight is 625 g/mol. The Labute approximate surface area is 249 Å². The van der Waals surface area contributed by atoms with Gasteiger partial charge in [-0.2, -0.15) is 0 Å². The summed E-state index contributed by atoms with van der Waals surface area (Å²) >= 11 is 4.40. The van der Waals surface area contributed by atoms with Crippen LogP contribution in [0.3, 0.4) is 0 Å². The first-order valence-electron chi connectivity index (χ1n) is 13.4. The number of benzene rings is 5. The summed E-state index contributed by atoms with van der Waals surface area (Å²) in [6, 6.07) is 48.1. The number of nitrogens with one attached hydrogen (secondary N) is 1. The van der Waals surface area contributed by atoms with Crippen molar-refractivity contribution in [3.63, 3.8) is 0 Å². The zero-order valence-corrected chi connectivity index (χ0v) is 25.0. The number of hydrogen-bond acceptors (Lipinski definition) is 3. The van der Waals surface area contributed by atoms with E-state index in [1.807, 2.05) is 91.0 Å². The van der Waals surface area contributed by atoms with E-state index in [1.54, 1.807) is 24.3 Å². The first-order chi connectivity index (χ1) is 20.0. The van der Waals surface area contributed by atoms with Crippen LogP contribution >= 0.6 is 20.8 Å². The van der Waals surface area contributed by atoms with Crippen molar-refractivity contribution in [1.82, 2.24) is 5.32 Å². The normalized spacial score (nSPS) is 12.9. The van der Waals surface area contributed by atoms with E-state index in [4.69, 9.17) is 4.74 Å². The van der Waals surface area contributed by atoms with E-state index in [1.165, 1.54) is 0 Å². The topological polar surface area (TPSA) is 55.4 Å². The molecule has 41 heavy (non-hydrogen) atoms. The number of esters is 1. The Bertz CT molecular complexity index is 1480. The molecule has 1 atom stereocenters. The molecule has 0 aliphatic carbocycles. The van der Waals surface area contributed by atoms with Crippen LogP contribution in [0.25, 0.3) is 0 Å². The molecular weight excluding hydrogens is 593 g/mol. The fourth-order valence-corrected chi connectivity index (χ4v) is 13.0. The molecule has 4 nitrogen and oxygen atoms in total. The van der Waals surface area contributed by atoms with Crippen molar-refractivity contribution >= 4 is 48.6 Å². The molecule has 0 saturated carbocycles. The van der Waals surface area contributed by atoms with Gasteiger partial charge in [-0.05, 0) is 0 Å². The van der Waals surface area contributed by atoms with Crippen LogP contribution in [0.4, 0.5) is 0 Å². The Hall–Kier alpha value is -4.05. The Morgan fingerprint density at radius 2 is 1.00 bits per heavy atom. The Morgan fingerprint density at radius 3 is 1.44 bits per heavy atom. The van der Waals surface area contributed by atoms with Gasteiger partial charge in [-0.1, -0.05) is 0 Å². The standard InChI is InChI=1S/C35H31BrNO3P/c36-41(30-20-10-3-11-21-30,31-22-12-4-13-23-31,32-24-14-5-15-25-32)27-33(37-34(38)29-18-8-2-9-19-29)35(39)40-26-28-16-6-1-7-17-28/h1-25,33H,26-27H2,(H,37,38)/t33-/m1/s1. The molecule has 5 aromatic carbocycles. The van der Waals surface area contributed by atoms with Crippen molar-refractivity contribution in [3.05, 3.63) is 163 Å². The van der Waals surface area contributed by atoms with Gasteiger partial charge in [0, 0.05) is 0 Å². The maximum atomic E-state index is 14.0. The van der Waals surface area contributed by atoms with Crippen LogP contribution in [0.2, 0.25) is 0 Å². The molecule has 0 aliphatic heterocycles. The van der Waals surface area contributed by atoms with Crippen molar-refractivity contribution in [1.29, 1.82) is 0 Å². The van der Waals surface area contributed by atoms with Gasteiger partial charge in [-0.3, -0.25) is 0 Å². The summed E-state index contributed by atoms with van der Waals surface area (Å²) in [6.45, 7) is 0.109. The molecule has 0 aliphatic rings. The van der Waals surface area contributed by atoms with Crippen LogP contribution < -0.4 is 21.2 Å². The number of hydrogen-bond donors (Lipinski definition) is 1. The monoisotopic (exact) mass is 623 g/mol. The minimum absolute atomic E-state index is 0.109. The minimum atomic E-state index is -3.56. The number of rotatable bonds is 10. The predicted molar refractivity (Wildman–Crippen MR) is 173 cm³/mol. The number of ether oxygens (including phenoxy) is 1. The number of carbonyl (C=O) groups excluding carboxylic acids is 2. The quantitative estimate of drug-likeness (QED) is 0.145. The molecule has 0 unspecified atom stereocenters. The Morgan fingerprint density at radius 1 is 0.610 bits per heavy atom. The molecular formula is C35H31BrNO3P. The van der Waals surface area contributed by atoms with Gasteiger partial charge < -0.3 is 0 Å². The van der Waals surface area contributed by atoms with Crippen LogP contribution in [0.1, 0.15) is 15.9 Å². The molecule has 0 radical (unpaired) electrons. The van der Waals surface area contributed by atoms with Crippen molar-refractivity contribution in [3.8, 4) is 0 Å².